The van der Waals surface area contributed by atoms with E-state index in [1.807, 2.05) is 12.4 Å². The van der Waals surface area contributed by atoms with E-state index in [0.717, 1.165) is 24.8 Å². The number of nitrogens with zero attached hydrogens (tertiary/aromatic N) is 2. The Hall–Kier alpha value is -1.96. The van der Waals surface area contributed by atoms with Crippen LogP contribution in [0.5, 0.6) is 0 Å². The molecule has 21 heavy (non-hydrogen) atoms. The first-order valence-electron chi connectivity index (χ1n) is 7.76. The van der Waals surface area contributed by atoms with E-state index in [1.165, 1.54) is 29.5 Å². The minimum Gasteiger partial charge on any atom is -0.288 e. The number of benzene rings is 1. The van der Waals surface area contributed by atoms with E-state index < -0.39 is 0 Å². The zero-order chi connectivity index (χ0) is 14.9. The van der Waals surface area contributed by atoms with Crippen molar-refractivity contribution in [3.8, 4) is 0 Å². The molecule has 110 valence electrons. The van der Waals surface area contributed by atoms with Gasteiger partial charge in [-0.1, -0.05) is 37.3 Å². The fourth-order valence-corrected chi connectivity index (χ4v) is 2.53. The van der Waals surface area contributed by atoms with E-state index in [4.69, 9.17) is 0 Å². The predicted octanol–water partition coefficient (Wildman–Crippen LogP) is 4.90. The molecule has 2 rings (SSSR count). The third kappa shape index (κ3) is 4.82. The van der Waals surface area contributed by atoms with E-state index in [9.17, 15) is 0 Å². The molecule has 0 saturated heterocycles. The van der Waals surface area contributed by atoms with Crippen molar-refractivity contribution in [2.45, 2.75) is 45.6 Å². The Bertz CT molecular complexity index is 547. The monoisotopic (exact) mass is 280 g/mol. The molecular formula is C19H24N2. The van der Waals surface area contributed by atoms with Crippen LogP contribution in [0.1, 0.15) is 43.7 Å². The highest BCUT2D eigenvalue weighted by atomic mass is 14.7. The van der Waals surface area contributed by atoms with Crippen molar-refractivity contribution in [1.82, 2.24) is 0 Å². The summed E-state index contributed by atoms with van der Waals surface area (Å²) in [5.74, 6) is 0. The topological polar surface area (TPSA) is 24.7 Å². The zero-order valence-electron chi connectivity index (χ0n) is 12.9. The second kappa shape index (κ2) is 8.35. The van der Waals surface area contributed by atoms with Gasteiger partial charge in [0.15, 0.2) is 0 Å². The fourth-order valence-electron chi connectivity index (χ4n) is 2.53. The predicted molar refractivity (Wildman–Crippen MR) is 92.2 cm³/mol. The Morgan fingerprint density at radius 1 is 1.19 bits per heavy atom. The maximum absolute atomic E-state index is 4.57. The Morgan fingerprint density at radius 3 is 2.57 bits per heavy atom. The van der Waals surface area contributed by atoms with Crippen molar-refractivity contribution in [3.05, 3.63) is 58.8 Å². The Balaban J connectivity index is 2.01. The molecule has 0 amide bonds. The SMILES string of the molecule is C=N/C=C(\C=NCc1ccc(CC)cc1)C1=CCCCC1. The molecule has 0 aliphatic heterocycles. The summed E-state index contributed by atoms with van der Waals surface area (Å²) in [5.41, 5.74) is 5.08. The molecule has 2 heteroatoms. The van der Waals surface area contributed by atoms with Crippen molar-refractivity contribution in [2.24, 2.45) is 9.98 Å². The number of rotatable bonds is 6. The summed E-state index contributed by atoms with van der Waals surface area (Å²) in [5, 5.41) is 0. The second-order valence-electron chi connectivity index (χ2n) is 5.38. The van der Waals surface area contributed by atoms with Gasteiger partial charge >= 0.3 is 0 Å². The van der Waals surface area contributed by atoms with Gasteiger partial charge in [-0.15, -0.1) is 0 Å². The third-order valence-corrected chi connectivity index (χ3v) is 3.83. The molecule has 1 aromatic rings. The quantitative estimate of drug-likeness (QED) is 0.662. The minimum absolute atomic E-state index is 0.714. The van der Waals surface area contributed by atoms with Gasteiger partial charge in [-0.25, -0.2) is 0 Å². The van der Waals surface area contributed by atoms with E-state index in [0.29, 0.717) is 6.54 Å². The van der Waals surface area contributed by atoms with E-state index >= 15 is 0 Å². The zero-order valence-corrected chi connectivity index (χ0v) is 12.9. The maximum Gasteiger partial charge on any atom is 0.0639 e. The van der Waals surface area contributed by atoms with Crippen LogP contribution < -0.4 is 0 Å². The highest BCUT2D eigenvalue weighted by Gasteiger charge is 2.06. The number of aryl methyl sites for hydroxylation is 1. The molecule has 0 N–H and O–H groups in total. The molecule has 2 nitrogen and oxygen atoms in total. The van der Waals surface area contributed by atoms with Gasteiger partial charge in [0.25, 0.3) is 0 Å². The fraction of sp³-hybridized carbons (Fsp3) is 0.368. The van der Waals surface area contributed by atoms with Crippen LogP contribution in [0.4, 0.5) is 0 Å². The Kier molecular flexibility index (Phi) is 6.14. The first-order valence-corrected chi connectivity index (χ1v) is 7.76. The molecule has 0 atom stereocenters. The summed E-state index contributed by atoms with van der Waals surface area (Å²) in [6, 6.07) is 8.67. The Morgan fingerprint density at radius 2 is 1.95 bits per heavy atom. The van der Waals surface area contributed by atoms with Crippen molar-refractivity contribution in [3.63, 3.8) is 0 Å². The van der Waals surface area contributed by atoms with Crippen LogP contribution in [0.15, 0.2) is 57.7 Å². The van der Waals surface area contributed by atoms with Crippen molar-refractivity contribution in [1.29, 1.82) is 0 Å². The average Bonchev–Trinajstić information content (AvgIpc) is 2.55. The third-order valence-electron chi connectivity index (χ3n) is 3.83. The van der Waals surface area contributed by atoms with Crippen molar-refractivity contribution in [2.75, 3.05) is 0 Å². The first kappa shape index (κ1) is 15.4. The lowest BCUT2D eigenvalue weighted by Crippen LogP contribution is -1.97. The number of aliphatic imine (C=N–C) groups is 2. The molecular weight excluding hydrogens is 256 g/mol. The largest absolute Gasteiger partial charge is 0.288 e. The van der Waals surface area contributed by atoms with E-state index in [-0.39, 0.29) is 0 Å². The second-order valence-corrected chi connectivity index (χ2v) is 5.38. The molecule has 1 aliphatic rings. The summed E-state index contributed by atoms with van der Waals surface area (Å²) in [6.45, 7) is 6.45. The van der Waals surface area contributed by atoms with Gasteiger partial charge in [0.2, 0.25) is 0 Å². The normalized spacial score (nSPS) is 16.0. The number of hydrogen-bond acceptors (Lipinski definition) is 2. The molecule has 0 spiro atoms. The highest BCUT2D eigenvalue weighted by Crippen LogP contribution is 2.23. The molecule has 0 radical (unpaired) electrons. The standard InChI is InChI=1S/C19H24N2/c1-3-16-9-11-17(12-10-16)13-21-15-19(14-20-2)18-7-5-4-6-8-18/h7,9-12,14-15H,2-6,8,13H2,1H3/b19-14+,21-15?. The average molecular weight is 280 g/mol. The van der Waals surface area contributed by atoms with Crippen LogP contribution in [0.3, 0.4) is 0 Å². The van der Waals surface area contributed by atoms with Gasteiger partial charge in [0.05, 0.1) is 6.54 Å². The van der Waals surface area contributed by atoms with E-state index in [1.54, 1.807) is 0 Å². The van der Waals surface area contributed by atoms with Gasteiger partial charge in [-0.2, -0.15) is 0 Å². The lowest BCUT2D eigenvalue weighted by Gasteiger charge is -2.12. The highest BCUT2D eigenvalue weighted by molar-refractivity contribution is 5.84. The van der Waals surface area contributed by atoms with Crippen LogP contribution in [-0.2, 0) is 13.0 Å². The molecule has 1 aromatic carbocycles. The molecule has 0 unspecified atom stereocenters. The van der Waals surface area contributed by atoms with Gasteiger partial charge in [-0.3, -0.25) is 9.98 Å². The van der Waals surface area contributed by atoms with Crippen LogP contribution in [0, 0.1) is 0 Å². The van der Waals surface area contributed by atoms with Crippen LogP contribution >= 0.6 is 0 Å². The van der Waals surface area contributed by atoms with Gasteiger partial charge in [-0.05, 0) is 55.5 Å². The Labute approximate surface area is 128 Å². The lowest BCUT2D eigenvalue weighted by atomic mass is 9.94. The van der Waals surface area contributed by atoms with Gasteiger partial charge in [0.1, 0.15) is 0 Å². The van der Waals surface area contributed by atoms with Crippen LogP contribution in [0.25, 0.3) is 0 Å². The smallest absolute Gasteiger partial charge is 0.0639 e. The summed E-state index contributed by atoms with van der Waals surface area (Å²) in [7, 11) is 0. The summed E-state index contributed by atoms with van der Waals surface area (Å²) < 4.78 is 0. The lowest BCUT2D eigenvalue weighted by molar-refractivity contribution is 0.709. The molecule has 0 fully saturated rings. The summed E-state index contributed by atoms with van der Waals surface area (Å²) in [6.07, 6.45) is 12.0. The maximum atomic E-state index is 4.57. The molecule has 0 heterocycles. The van der Waals surface area contributed by atoms with Gasteiger partial charge in [0, 0.05) is 18.0 Å². The molecule has 0 saturated carbocycles. The number of hydrogen-bond donors (Lipinski definition) is 0. The first-order chi connectivity index (χ1) is 10.3. The summed E-state index contributed by atoms with van der Waals surface area (Å²) in [4.78, 5) is 8.48. The van der Waals surface area contributed by atoms with E-state index in [2.05, 4.69) is 54.0 Å². The van der Waals surface area contributed by atoms with Crippen molar-refractivity contribution < 1.29 is 0 Å². The van der Waals surface area contributed by atoms with Crippen LogP contribution in [0.2, 0.25) is 0 Å². The van der Waals surface area contributed by atoms with Gasteiger partial charge < -0.3 is 0 Å². The van der Waals surface area contributed by atoms with Crippen molar-refractivity contribution >= 4 is 12.9 Å². The summed E-state index contributed by atoms with van der Waals surface area (Å²) >= 11 is 0. The molecule has 0 aromatic heterocycles. The van der Waals surface area contributed by atoms with Crippen LogP contribution in [-0.4, -0.2) is 12.9 Å². The molecule has 1 aliphatic carbocycles. The number of allylic oxidation sites excluding steroid dienone is 3. The minimum atomic E-state index is 0.714. The molecule has 0 bridgehead atoms.